The summed E-state index contributed by atoms with van der Waals surface area (Å²) in [7, 11) is 3.94. The van der Waals surface area contributed by atoms with Gasteiger partial charge in [0.15, 0.2) is 0 Å². The van der Waals surface area contributed by atoms with Crippen molar-refractivity contribution < 1.29 is 9.59 Å². The summed E-state index contributed by atoms with van der Waals surface area (Å²) in [6, 6.07) is 17.3. The third kappa shape index (κ3) is 4.91. The lowest BCUT2D eigenvalue weighted by Crippen LogP contribution is -2.25. The van der Waals surface area contributed by atoms with Gasteiger partial charge in [-0.05, 0) is 49.2 Å². The van der Waals surface area contributed by atoms with Crippen LogP contribution in [0, 0.1) is 0 Å². The highest BCUT2D eigenvalue weighted by molar-refractivity contribution is 7.99. The van der Waals surface area contributed by atoms with Gasteiger partial charge < -0.3 is 15.5 Å². The van der Waals surface area contributed by atoms with E-state index < -0.39 is 0 Å². The minimum absolute atomic E-state index is 0.0802. The van der Waals surface area contributed by atoms with Gasteiger partial charge in [-0.1, -0.05) is 30.0 Å². The molecule has 1 heterocycles. The van der Waals surface area contributed by atoms with Crippen LogP contribution < -0.4 is 15.5 Å². The van der Waals surface area contributed by atoms with Crippen molar-refractivity contribution in [2.24, 2.45) is 0 Å². The summed E-state index contributed by atoms with van der Waals surface area (Å²) in [5.41, 5.74) is 3.18. The lowest BCUT2D eigenvalue weighted by atomic mass is 10.1. The number of nitrogens with one attached hydrogen (secondary N) is 2. The predicted molar refractivity (Wildman–Crippen MR) is 122 cm³/mol. The zero-order chi connectivity index (χ0) is 21.1. The van der Waals surface area contributed by atoms with Crippen molar-refractivity contribution in [1.82, 2.24) is 10.3 Å². The normalized spacial score (nSPS) is 13.1. The largest absolute Gasteiger partial charge is 0.378 e. The SMILES string of the molecule is CN(C)c1ccc(NC(=O)CSc2cc(C(=O)NC3CC3)c3ccccc3n2)cc1. The molecule has 0 spiro atoms. The van der Waals surface area contributed by atoms with Crippen LogP contribution in [0.5, 0.6) is 0 Å². The van der Waals surface area contributed by atoms with Crippen LogP contribution in [0.1, 0.15) is 23.2 Å². The Labute approximate surface area is 180 Å². The summed E-state index contributed by atoms with van der Waals surface area (Å²) in [6.45, 7) is 0. The molecule has 1 aromatic heterocycles. The number of amides is 2. The van der Waals surface area contributed by atoms with Crippen molar-refractivity contribution in [1.29, 1.82) is 0 Å². The van der Waals surface area contributed by atoms with Crippen LogP contribution in [-0.4, -0.2) is 42.7 Å². The molecule has 0 atom stereocenters. The van der Waals surface area contributed by atoms with E-state index in [1.807, 2.05) is 67.5 Å². The Morgan fingerprint density at radius 2 is 1.83 bits per heavy atom. The number of carbonyl (C=O) groups excluding carboxylic acids is 2. The third-order valence-corrected chi connectivity index (χ3v) is 5.78. The average Bonchev–Trinajstić information content (AvgIpc) is 3.56. The van der Waals surface area contributed by atoms with E-state index in [2.05, 4.69) is 15.6 Å². The molecule has 4 rings (SSSR count). The van der Waals surface area contributed by atoms with Crippen LogP contribution in [0.4, 0.5) is 11.4 Å². The topological polar surface area (TPSA) is 74.3 Å². The monoisotopic (exact) mass is 420 g/mol. The molecule has 0 radical (unpaired) electrons. The highest BCUT2D eigenvalue weighted by Gasteiger charge is 2.25. The van der Waals surface area contributed by atoms with Gasteiger partial charge in [-0.25, -0.2) is 4.98 Å². The number of anilines is 2. The molecular weight excluding hydrogens is 396 g/mol. The smallest absolute Gasteiger partial charge is 0.252 e. The van der Waals surface area contributed by atoms with Crippen LogP contribution in [0.2, 0.25) is 0 Å². The summed E-state index contributed by atoms with van der Waals surface area (Å²) >= 11 is 1.33. The van der Waals surface area contributed by atoms with Gasteiger partial charge in [0.1, 0.15) is 0 Å². The molecule has 1 aliphatic carbocycles. The number of thioether (sulfide) groups is 1. The van der Waals surface area contributed by atoms with Gasteiger partial charge in [-0.2, -0.15) is 0 Å². The molecular formula is C23H24N4O2S. The first-order valence-corrected chi connectivity index (χ1v) is 10.9. The Morgan fingerprint density at radius 3 is 2.53 bits per heavy atom. The van der Waals surface area contributed by atoms with E-state index in [9.17, 15) is 9.59 Å². The molecule has 7 heteroatoms. The Bertz CT molecular complexity index is 1080. The number of hydrogen-bond acceptors (Lipinski definition) is 5. The number of rotatable bonds is 7. The van der Waals surface area contributed by atoms with Gasteiger partial charge in [0, 0.05) is 36.9 Å². The summed E-state index contributed by atoms with van der Waals surface area (Å²) in [6.07, 6.45) is 2.07. The van der Waals surface area contributed by atoms with E-state index >= 15 is 0 Å². The Balaban J connectivity index is 1.45. The van der Waals surface area contributed by atoms with Crippen molar-refractivity contribution in [3.63, 3.8) is 0 Å². The van der Waals surface area contributed by atoms with Crippen molar-refractivity contribution in [2.45, 2.75) is 23.9 Å². The molecule has 1 aliphatic rings. The lowest BCUT2D eigenvalue weighted by molar-refractivity contribution is -0.113. The van der Waals surface area contributed by atoms with E-state index in [1.54, 1.807) is 6.07 Å². The number of carbonyl (C=O) groups is 2. The first kappa shape index (κ1) is 20.2. The first-order chi connectivity index (χ1) is 14.5. The fourth-order valence-electron chi connectivity index (χ4n) is 3.08. The van der Waals surface area contributed by atoms with E-state index in [1.165, 1.54) is 11.8 Å². The summed E-state index contributed by atoms with van der Waals surface area (Å²) in [4.78, 5) is 31.7. The number of fused-ring (bicyclic) bond motifs is 1. The molecule has 0 unspecified atom stereocenters. The van der Waals surface area contributed by atoms with Gasteiger partial charge in [-0.3, -0.25) is 9.59 Å². The maximum Gasteiger partial charge on any atom is 0.252 e. The zero-order valence-electron chi connectivity index (χ0n) is 17.0. The van der Waals surface area contributed by atoms with E-state index in [0.717, 1.165) is 35.1 Å². The van der Waals surface area contributed by atoms with Crippen LogP contribution >= 0.6 is 11.8 Å². The Kier molecular flexibility index (Phi) is 5.90. The van der Waals surface area contributed by atoms with Gasteiger partial charge in [0.25, 0.3) is 5.91 Å². The van der Waals surface area contributed by atoms with Crippen molar-refractivity contribution in [3.05, 3.63) is 60.2 Å². The summed E-state index contributed by atoms with van der Waals surface area (Å²) < 4.78 is 0. The third-order valence-electron chi connectivity index (χ3n) is 4.87. The van der Waals surface area contributed by atoms with Gasteiger partial charge in [0.05, 0.1) is 21.9 Å². The molecule has 2 aromatic carbocycles. The molecule has 1 fully saturated rings. The number of hydrogen-bond donors (Lipinski definition) is 2. The van der Waals surface area contributed by atoms with Crippen molar-refractivity contribution >= 4 is 45.9 Å². The molecule has 6 nitrogen and oxygen atoms in total. The fourth-order valence-corrected chi connectivity index (χ4v) is 3.80. The molecule has 30 heavy (non-hydrogen) atoms. The molecule has 1 saturated carbocycles. The minimum atomic E-state index is -0.114. The van der Waals surface area contributed by atoms with E-state index in [0.29, 0.717) is 10.6 Å². The molecule has 2 amide bonds. The van der Waals surface area contributed by atoms with Gasteiger partial charge in [-0.15, -0.1) is 0 Å². The molecule has 0 aliphatic heterocycles. The quantitative estimate of drug-likeness (QED) is 0.567. The maximum atomic E-state index is 12.7. The van der Waals surface area contributed by atoms with Crippen molar-refractivity contribution in [2.75, 3.05) is 30.1 Å². The summed E-state index contributed by atoms with van der Waals surface area (Å²) in [5, 5.41) is 7.43. The van der Waals surface area contributed by atoms with Crippen LogP contribution in [0.25, 0.3) is 10.9 Å². The van der Waals surface area contributed by atoms with Crippen molar-refractivity contribution in [3.8, 4) is 0 Å². The average molecular weight is 421 g/mol. The first-order valence-electron chi connectivity index (χ1n) is 9.90. The van der Waals surface area contributed by atoms with E-state index in [-0.39, 0.29) is 23.6 Å². The molecule has 0 saturated heterocycles. The van der Waals surface area contributed by atoms with Gasteiger partial charge >= 0.3 is 0 Å². The van der Waals surface area contributed by atoms with Crippen LogP contribution in [0.15, 0.2) is 59.6 Å². The second-order valence-electron chi connectivity index (χ2n) is 7.55. The second-order valence-corrected chi connectivity index (χ2v) is 8.55. The molecule has 2 N–H and O–H groups in total. The number of nitrogens with zero attached hydrogens (tertiary/aromatic N) is 2. The standard InChI is InChI=1S/C23H24N4O2S/c1-27(2)17-11-9-15(10-12-17)24-21(28)14-30-22-13-19(23(29)25-16-7-8-16)18-5-3-4-6-20(18)26-22/h3-6,9-13,16H,7-8,14H2,1-2H3,(H,24,28)(H,25,29). The minimum Gasteiger partial charge on any atom is -0.378 e. The summed E-state index contributed by atoms with van der Waals surface area (Å²) in [5.74, 6) is 0.0182. The van der Waals surface area contributed by atoms with Gasteiger partial charge in [0.2, 0.25) is 5.91 Å². The maximum absolute atomic E-state index is 12.7. The molecule has 0 bridgehead atoms. The Morgan fingerprint density at radius 1 is 1.10 bits per heavy atom. The lowest BCUT2D eigenvalue weighted by Gasteiger charge is -2.13. The highest BCUT2D eigenvalue weighted by Crippen LogP contribution is 2.26. The predicted octanol–water partition coefficient (Wildman–Crippen LogP) is 3.92. The second kappa shape index (κ2) is 8.75. The zero-order valence-corrected chi connectivity index (χ0v) is 17.8. The number of para-hydroxylation sites is 1. The van der Waals surface area contributed by atoms with E-state index in [4.69, 9.17) is 0 Å². The van der Waals surface area contributed by atoms with Crippen LogP contribution in [0.3, 0.4) is 0 Å². The molecule has 3 aromatic rings. The van der Waals surface area contributed by atoms with Crippen LogP contribution in [-0.2, 0) is 4.79 Å². The highest BCUT2D eigenvalue weighted by atomic mass is 32.2. The Hall–Kier alpha value is -3.06. The number of pyridine rings is 1. The fraction of sp³-hybridized carbons (Fsp3) is 0.261. The number of aromatic nitrogens is 1. The number of benzene rings is 2. The molecule has 154 valence electrons.